The zero-order chi connectivity index (χ0) is 23.1. The maximum atomic E-state index is 13.1. The number of benzene rings is 1. The van der Waals surface area contributed by atoms with Crippen LogP contribution in [0.25, 0.3) is 16.3 Å². The molecular weight excluding hydrogens is 484 g/mol. The van der Waals surface area contributed by atoms with Crippen molar-refractivity contribution in [1.82, 2.24) is 9.88 Å². The fraction of sp³-hybridized carbons (Fsp3) is 0.364. The summed E-state index contributed by atoms with van der Waals surface area (Å²) in [4.78, 5) is 32.8. The van der Waals surface area contributed by atoms with Crippen LogP contribution in [0.2, 0.25) is 0 Å². The van der Waals surface area contributed by atoms with Crippen LogP contribution in [0.3, 0.4) is 0 Å². The number of hydrogen-bond acceptors (Lipinski definition) is 8. The van der Waals surface area contributed by atoms with Gasteiger partial charge in [-0.25, -0.2) is 4.98 Å². The van der Waals surface area contributed by atoms with E-state index in [-0.39, 0.29) is 23.3 Å². The van der Waals surface area contributed by atoms with Crippen LogP contribution >= 0.6 is 35.1 Å². The molecule has 2 aromatic heterocycles. The average Bonchev–Trinajstić information content (AvgIpc) is 3.42. The average molecular weight is 511 g/mol. The van der Waals surface area contributed by atoms with E-state index in [1.807, 2.05) is 25.1 Å². The number of aromatic nitrogens is 1. The number of nitro groups is 1. The summed E-state index contributed by atoms with van der Waals surface area (Å²) >= 11 is 2.48. The van der Waals surface area contributed by atoms with Gasteiger partial charge in [-0.15, -0.1) is 12.4 Å². The first-order valence-electron chi connectivity index (χ1n) is 10.4. The van der Waals surface area contributed by atoms with Gasteiger partial charge in [0.15, 0.2) is 5.13 Å². The molecule has 0 saturated carbocycles. The summed E-state index contributed by atoms with van der Waals surface area (Å²) in [5.74, 6) is 0.563. The summed E-state index contributed by atoms with van der Waals surface area (Å²) in [6.07, 6.45) is 3.07. The van der Waals surface area contributed by atoms with Crippen LogP contribution < -0.4 is 9.64 Å². The first-order valence-corrected chi connectivity index (χ1v) is 12.1. The Kier molecular flexibility index (Phi) is 10.2. The minimum absolute atomic E-state index is 0. The van der Waals surface area contributed by atoms with E-state index in [1.165, 1.54) is 23.5 Å². The van der Waals surface area contributed by atoms with Crippen molar-refractivity contribution in [2.24, 2.45) is 0 Å². The molecule has 33 heavy (non-hydrogen) atoms. The molecule has 0 aliphatic rings. The molecule has 0 unspecified atom stereocenters. The Morgan fingerprint density at radius 2 is 1.91 bits per heavy atom. The topological polar surface area (TPSA) is 88.8 Å². The standard InChI is InChI=1S/C22H26N4O4S2.ClH/c1-4-24(5-2)13-14-25(20(27)11-8-17-9-12-21(31-17)26(28)29)22-23-18-10-7-16(30-6-3)15-19(18)32-22;/h7-12,15H,4-6,13-14H2,1-3H3;1H. The summed E-state index contributed by atoms with van der Waals surface area (Å²) < 4.78 is 6.53. The fourth-order valence-corrected chi connectivity index (χ4v) is 4.87. The Bertz CT molecular complexity index is 1110. The quantitative estimate of drug-likeness (QED) is 0.193. The number of fused-ring (bicyclic) bond motifs is 1. The van der Waals surface area contributed by atoms with Gasteiger partial charge in [0, 0.05) is 30.1 Å². The lowest BCUT2D eigenvalue weighted by Gasteiger charge is -2.23. The molecular formula is C22H27ClN4O4S2. The summed E-state index contributed by atoms with van der Waals surface area (Å²) in [5.41, 5.74) is 0.812. The van der Waals surface area contributed by atoms with E-state index >= 15 is 0 Å². The second-order valence-electron chi connectivity index (χ2n) is 6.84. The van der Waals surface area contributed by atoms with Crippen LogP contribution in [0.1, 0.15) is 25.6 Å². The number of anilines is 1. The number of rotatable bonds is 11. The molecule has 3 aromatic rings. The van der Waals surface area contributed by atoms with E-state index in [1.54, 1.807) is 17.0 Å². The number of hydrogen-bond donors (Lipinski definition) is 0. The number of nitrogens with zero attached hydrogens (tertiary/aromatic N) is 4. The summed E-state index contributed by atoms with van der Waals surface area (Å²) in [5, 5.41) is 11.6. The molecule has 1 amide bonds. The second-order valence-corrected chi connectivity index (χ2v) is 8.95. The number of carbonyl (C=O) groups excluding carboxylic acids is 1. The van der Waals surface area contributed by atoms with Crippen molar-refractivity contribution in [3.05, 3.63) is 51.4 Å². The largest absolute Gasteiger partial charge is 0.494 e. The van der Waals surface area contributed by atoms with Gasteiger partial charge >= 0.3 is 5.00 Å². The number of ether oxygens (including phenoxy) is 1. The van der Waals surface area contributed by atoms with Crippen molar-refractivity contribution in [3.8, 4) is 5.75 Å². The van der Waals surface area contributed by atoms with Crippen LogP contribution in [0.4, 0.5) is 10.1 Å². The van der Waals surface area contributed by atoms with Crippen molar-refractivity contribution in [2.75, 3.05) is 37.7 Å². The second kappa shape index (κ2) is 12.6. The molecule has 11 heteroatoms. The van der Waals surface area contributed by atoms with Gasteiger partial charge in [0.2, 0.25) is 0 Å². The minimum atomic E-state index is -0.433. The van der Waals surface area contributed by atoms with Crippen molar-refractivity contribution < 1.29 is 14.5 Å². The van der Waals surface area contributed by atoms with E-state index in [4.69, 9.17) is 4.74 Å². The van der Waals surface area contributed by atoms with Crippen molar-refractivity contribution in [2.45, 2.75) is 20.8 Å². The number of likely N-dealkylation sites (N-methyl/N-ethyl adjacent to an activating group) is 1. The molecule has 0 spiro atoms. The van der Waals surface area contributed by atoms with Gasteiger partial charge in [-0.1, -0.05) is 36.5 Å². The molecule has 0 fully saturated rings. The Labute approximate surface area is 207 Å². The summed E-state index contributed by atoms with van der Waals surface area (Å²) in [6.45, 7) is 9.69. The Morgan fingerprint density at radius 1 is 1.15 bits per heavy atom. The summed E-state index contributed by atoms with van der Waals surface area (Å²) in [7, 11) is 0. The number of thiazole rings is 1. The summed E-state index contributed by atoms with van der Waals surface area (Å²) in [6, 6.07) is 8.79. The van der Waals surface area contributed by atoms with Crippen molar-refractivity contribution in [1.29, 1.82) is 0 Å². The third-order valence-corrected chi connectivity index (χ3v) is 6.92. The first-order chi connectivity index (χ1) is 15.4. The molecule has 2 heterocycles. The smallest absolute Gasteiger partial charge is 0.324 e. The number of thiophene rings is 1. The predicted molar refractivity (Wildman–Crippen MR) is 138 cm³/mol. The zero-order valence-corrected chi connectivity index (χ0v) is 21.2. The predicted octanol–water partition coefficient (Wildman–Crippen LogP) is 5.47. The molecule has 0 aliphatic heterocycles. The lowest BCUT2D eigenvalue weighted by molar-refractivity contribution is -0.380. The van der Waals surface area contributed by atoms with Gasteiger partial charge in [-0.2, -0.15) is 0 Å². The van der Waals surface area contributed by atoms with Gasteiger partial charge < -0.3 is 9.64 Å². The van der Waals surface area contributed by atoms with Crippen LogP contribution in [0, 0.1) is 10.1 Å². The molecule has 0 aliphatic carbocycles. The van der Waals surface area contributed by atoms with Crippen LogP contribution in [-0.2, 0) is 4.79 Å². The van der Waals surface area contributed by atoms with E-state index in [0.717, 1.165) is 46.9 Å². The number of amides is 1. The highest BCUT2D eigenvalue weighted by Gasteiger charge is 2.19. The van der Waals surface area contributed by atoms with Gasteiger partial charge in [0.1, 0.15) is 5.75 Å². The maximum Gasteiger partial charge on any atom is 0.324 e. The van der Waals surface area contributed by atoms with E-state index in [2.05, 4.69) is 23.7 Å². The highest BCUT2D eigenvalue weighted by atomic mass is 35.5. The van der Waals surface area contributed by atoms with Crippen LogP contribution in [0.5, 0.6) is 5.75 Å². The first kappa shape index (κ1) is 26.7. The third-order valence-electron chi connectivity index (χ3n) is 4.87. The Balaban J connectivity index is 0.00000385. The molecule has 0 bridgehead atoms. The Hall–Kier alpha value is -2.53. The van der Waals surface area contributed by atoms with E-state index < -0.39 is 4.92 Å². The van der Waals surface area contributed by atoms with Gasteiger partial charge in [0.25, 0.3) is 5.91 Å². The Morgan fingerprint density at radius 3 is 2.55 bits per heavy atom. The van der Waals surface area contributed by atoms with Gasteiger partial charge in [0.05, 0.1) is 21.7 Å². The highest BCUT2D eigenvalue weighted by Crippen LogP contribution is 2.32. The monoisotopic (exact) mass is 510 g/mol. The molecule has 0 atom stereocenters. The molecule has 8 nitrogen and oxygen atoms in total. The van der Waals surface area contributed by atoms with Gasteiger partial charge in [-0.05, 0) is 50.4 Å². The van der Waals surface area contributed by atoms with Crippen LogP contribution in [-0.4, -0.2) is 53.5 Å². The molecule has 178 valence electrons. The zero-order valence-electron chi connectivity index (χ0n) is 18.7. The van der Waals surface area contributed by atoms with E-state index in [9.17, 15) is 14.9 Å². The number of halogens is 1. The van der Waals surface area contributed by atoms with Gasteiger partial charge in [-0.3, -0.25) is 19.8 Å². The molecule has 0 radical (unpaired) electrons. The maximum absolute atomic E-state index is 13.1. The van der Waals surface area contributed by atoms with Crippen molar-refractivity contribution in [3.63, 3.8) is 0 Å². The minimum Gasteiger partial charge on any atom is -0.494 e. The molecule has 1 aromatic carbocycles. The SMILES string of the molecule is CCOc1ccc2nc(N(CCN(CC)CC)C(=O)C=Cc3ccc([N+](=O)[O-])s3)sc2c1.Cl. The van der Waals surface area contributed by atoms with Crippen LogP contribution in [0.15, 0.2) is 36.4 Å². The molecule has 0 saturated heterocycles. The fourth-order valence-electron chi connectivity index (χ4n) is 3.12. The highest BCUT2D eigenvalue weighted by molar-refractivity contribution is 7.22. The number of carbonyl (C=O) groups is 1. The lowest BCUT2D eigenvalue weighted by atomic mass is 10.3. The molecule has 0 N–H and O–H groups in total. The third kappa shape index (κ3) is 6.97. The van der Waals surface area contributed by atoms with E-state index in [0.29, 0.717) is 23.2 Å². The normalized spacial score (nSPS) is 11.2. The van der Waals surface area contributed by atoms with Crippen molar-refractivity contribution >= 4 is 67.4 Å². The lowest BCUT2D eigenvalue weighted by Crippen LogP contribution is -2.38. The molecule has 3 rings (SSSR count).